The van der Waals surface area contributed by atoms with Gasteiger partial charge in [0.25, 0.3) is 0 Å². The van der Waals surface area contributed by atoms with E-state index in [4.69, 9.17) is 10.5 Å². The van der Waals surface area contributed by atoms with Crippen LogP contribution in [0.2, 0.25) is 0 Å². The maximum atomic E-state index is 12.2. The highest BCUT2D eigenvalue weighted by atomic mass is 16.6. The van der Waals surface area contributed by atoms with Gasteiger partial charge in [0.05, 0.1) is 6.61 Å². The topological polar surface area (TPSA) is 85.8 Å². The van der Waals surface area contributed by atoms with E-state index in [1.807, 2.05) is 37.4 Å². The summed E-state index contributed by atoms with van der Waals surface area (Å²) in [6, 6.07) is 3.93. The number of likely N-dealkylation sites (tertiary alicyclic amines) is 1. The molecule has 0 saturated carbocycles. The van der Waals surface area contributed by atoms with Crippen LogP contribution in [0.4, 0.5) is 10.6 Å². The first-order chi connectivity index (χ1) is 10.8. The summed E-state index contributed by atoms with van der Waals surface area (Å²) in [7, 11) is 0. The third-order valence-corrected chi connectivity index (χ3v) is 4.00. The summed E-state index contributed by atoms with van der Waals surface area (Å²) in [4.78, 5) is 17.9. The summed E-state index contributed by atoms with van der Waals surface area (Å²) in [6.45, 7) is 7.89. The van der Waals surface area contributed by atoms with Crippen LogP contribution in [0, 0.1) is 5.41 Å². The molecule has 1 atom stereocenters. The Morgan fingerprint density at radius 1 is 1.43 bits per heavy atom. The molecular weight excluding hydrogens is 294 g/mol. The number of fused-ring (bicyclic) bond motifs is 1. The Hall–Kier alpha value is -2.31. The second kappa shape index (κ2) is 5.72. The number of anilines is 1. The van der Waals surface area contributed by atoms with Crippen LogP contribution in [0.1, 0.15) is 38.8 Å². The Bertz CT molecular complexity index is 719. The van der Waals surface area contributed by atoms with Crippen LogP contribution in [0.5, 0.6) is 0 Å². The van der Waals surface area contributed by atoms with Crippen molar-refractivity contribution in [3.8, 4) is 0 Å². The summed E-state index contributed by atoms with van der Waals surface area (Å²) in [6.07, 6.45) is 2.11. The highest BCUT2D eigenvalue weighted by Crippen LogP contribution is 2.29. The van der Waals surface area contributed by atoms with Crippen molar-refractivity contribution in [1.82, 2.24) is 19.5 Å². The summed E-state index contributed by atoms with van der Waals surface area (Å²) in [5.74, 6) is 0.694. The average Bonchev–Trinajstić information content (AvgIpc) is 3.10. The quantitative estimate of drug-likeness (QED) is 0.918. The predicted octanol–water partition coefficient (Wildman–Crippen LogP) is 2.28. The van der Waals surface area contributed by atoms with E-state index >= 15 is 0 Å². The minimum atomic E-state index is -0.238. The summed E-state index contributed by atoms with van der Waals surface area (Å²) in [5.41, 5.74) is 7.70. The fraction of sp³-hybridized carbons (Fsp3) is 0.562. The van der Waals surface area contributed by atoms with Crippen molar-refractivity contribution < 1.29 is 9.53 Å². The van der Waals surface area contributed by atoms with Crippen molar-refractivity contribution in [2.24, 2.45) is 5.41 Å². The number of hydrogen-bond acceptors (Lipinski definition) is 5. The van der Waals surface area contributed by atoms with Gasteiger partial charge in [-0.2, -0.15) is 5.10 Å². The Morgan fingerprint density at radius 2 is 2.22 bits per heavy atom. The maximum absolute atomic E-state index is 12.2. The van der Waals surface area contributed by atoms with Gasteiger partial charge in [-0.15, -0.1) is 0 Å². The molecule has 23 heavy (non-hydrogen) atoms. The zero-order valence-electron chi connectivity index (χ0n) is 13.8. The number of carbonyl (C=O) groups is 1. The molecular formula is C16H23N5O2. The summed E-state index contributed by atoms with van der Waals surface area (Å²) >= 11 is 0. The van der Waals surface area contributed by atoms with Gasteiger partial charge in [-0.25, -0.2) is 14.3 Å². The van der Waals surface area contributed by atoms with E-state index < -0.39 is 0 Å². The molecule has 124 valence electrons. The highest BCUT2D eigenvalue weighted by Gasteiger charge is 2.30. The van der Waals surface area contributed by atoms with Crippen molar-refractivity contribution in [2.45, 2.75) is 33.1 Å². The molecule has 1 saturated heterocycles. The van der Waals surface area contributed by atoms with Gasteiger partial charge in [-0.05, 0) is 24.0 Å². The molecule has 0 spiro atoms. The van der Waals surface area contributed by atoms with Gasteiger partial charge in [-0.3, -0.25) is 0 Å². The van der Waals surface area contributed by atoms with Crippen molar-refractivity contribution in [2.75, 3.05) is 25.4 Å². The van der Waals surface area contributed by atoms with E-state index in [0.29, 0.717) is 25.5 Å². The fourth-order valence-corrected chi connectivity index (χ4v) is 2.82. The van der Waals surface area contributed by atoms with Crippen LogP contribution in [-0.4, -0.2) is 45.3 Å². The van der Waals surface area contributed by atoms with Gasteiger partial charge >= 0.3 is 6.09 Å². The van der Waals surface area contributed by atoms with Crippen molar-refractivity contribution in [3.63, 3.8) is 0 Å². The first-order valence-electron chi connectivity index (χ1n) is 7.85. The van der Waals surface area contributed by atoms with Crippen molar-refractivity contribution in [1.29, 1.82) is 0 Å². The van der Waals surface area contributed by atoms with Gasteiger partial charge < -0.3 is 15.4 Å². The largest absolute Gasteiger partial charge is 0.449 e. The first kappa shape index (κ1) is 15.6. The van der Waals surface area contributed by atoms with Crippen LogP contribution < -0.4 is 5.73 Å². The molecule has 2 aromatic heterocycles. The molecule has 7 nitrogen and oxygen atoms in total. The SMILES string of the molecule is CC(C)(C)COC(=O)N1CCC(c2ccc3c(N)ncnn23)C1. The van der Waals surface area contributed by atoms with Crippen LogP contribution in [0.25, 0.3) is 5.52 Å². The van der Waals surface area contributed by atoms with Gasteiger partial charge in [0.2, 0.25) is 0 Å². The number of nitrogen functional groups attached to an aromatic ring is 1. The average molecular weight is 317 g/mol. The van der Waals surface area contributed by atoms with Crippen LogP contribution in [-0.2, 0) is 4.74 Å². The zero-order chi connectivity index (χ0) is 16.6. The molecule has 1 amide bonds. The molecule has 3 heterocycles. The summed E-state index contributed by atoms with van der Waals surface area (Å²) < 4.78 is 7.21. The highest BCUT2D eigenvalue weighted by molar-refractivity contribution is 5.68. The second-order valence-electron chi connectivity index (χ2n) is 7.25. The van der Waals surface area contributed by atoms with Crippen molar-refractivity contribution >= 4 is 17.4 Å². The predicted molar refractivity (Wildman–Crippen MR) is 87.1 cm³/mol. The Morgan fingerprint density at radius 3 is 2.96 bits per heavy atom. The number of aromatic nitrogens is 3. The number of hydrogen-bond donors (Lipinski definition) is 1. The van der Waals surface area contributed by atoms with Crippen molar-refractivity contribution in [3.05, 3.63) is 24.2 Å². The third-order valence-electron chi connectivity index (χ3n) is 4.00. The molecule has 1 aliphatic heterocycles. The molecule has 0 aromatic carbocycles. The van der Waals surface area contributed by atoms with E-state index in [1.54, 1.807) is 4.90 Å². The number of amides is 1. The lowest BCUT2D eigenvalue weighted by atomic mass is 9.99. The zero-order valence-corrected chi connectivity index (χ0v) is 13.8. The van der Waals surface area contributed by atoms with E-state index in [9.17, 15) is 4.79 Å². The molecule has 7 heteroatoms. The second-order valence-corrected chi connectivity index (χ2v) is 7.25. The number of ether oxygens (including phenoxy) is 1. The van der Waals surface area contributed by atoms with Crippen LogP contribution in [0.15, 0.2) is 18.5 Å². The number of rotatable bonds is 2. The Kier molecular flexibility index (Phi) is 3.87. The smallest absolute Gasteiger partial charge is 0.409 e. The van der Waals surface area contributed by atoms with E-state index in [2.05, 4.69) is 10.1 Å². The molecule has 0 aliphatic carbocycles. The monoisotopic (exact) mass is 317 g/mol. The van der Waals surface area contributed by atoms with E-state index in [1.165, 1.54) is 6.33 Å². The number of carbonyl (C=O) groups excluding carboxylic acids is 1. The van der Waals surface area contributed by atoms with E-state index in [0.717, 1.165) is 17.6 Å². The molecule has 2 aromatic rings. The van der Waals surface area contributed by atoms with Crippen LogP contribution >= 0.6 is 0 Å². The molecule has 1 aliphatic rings. The maximum Gasteiger partial charge on any atom is 0.409 e. The molecule has 1 fully saturated rings. The summed E-state index contributed by atoms with van der Waals surface area (Å²) in [5, 5.41) is 4.28. The Balaban J connectivity index is 1.69. The fourth-order valence-electron chi connectivity index (χ4n) is 2.82. The molecule has 1 unspecified atom stereocenters. The molecule has 2 N–H and O–H groups in total. The minimum absolute atomic E-state index is 0.0268. The van der Waals surface area contributed by atoms with Gasteiger partial charge in [-0.1, -0.05) is 20.8 Å². The first-order valence-corrected chi connectivity index (χ1v) is 7.85. The number of nitrogens with two attached hydrogens (primary N) is 1. The van der Waals surface area contributed by atoms with E-state index in [-0.39, 0.29) is 17.4 Å². The molecule has 0 bridgehead atoms. The van der Waals surface area contributed by atoms with Gasteiger partial charge in [0.15, 0.2) is 5.82 Å². The number of nitrogens with zero attached hydrogens (tertiary/aromatic N) is 4. The lowest BCUT2D eigenvalue weighted by Gasteiger charge is -2.21. The normalized spacial score (nSPS) is 18.6. The van der Waals surface area contributed by atoms with Gasteiger partial charge in [0, 0.05) is 24.7 Å². The molecule has 3 rings (SSSR count). The third kappa shape index (κ3) is 3.23. The lowest BCUT2D eigenvalue weighted by Crippen LogP contribution is -2.31. The standard InChI is InChI=1S/C16H23N5O2/c1-16(2,3)9-23-15(22)20-7-6-11(8-20)12-4-5-13-14(17)18-10-19-21(12)13/h4-5,10-11H,6-9H2,1-3H3,(H2,17,18,19). The lowest BCUT2D eigenvalue weighted by molar-refractivity contribution is 0.0780. The van der Waals surface area contributed by atoms with Gasteiger partial charge in [0.1, 0.15) is 11.8 Å². The molecule has 0 radical (unpaired) electrons. The minimum Gasteiger partial charge on any atom is -0.449 e. The van der Waals surface area contributed by atoms with Crippen LogP contribution in [0.3, 0.4) is 0 Å². The Labute approximate surface area is 135 Å².